The van der Waals surface area contributed by atoms with E-state index in [0.29, 0.717) is 12.0 Å². The van der Waals surface area contributed by atoms with E-state index in [2.05, 4.69) is 5.32 Å². The van der Waals surface area contributed by atoms with Crippen LogP contribution in [-0.4, -0.2) is 31.2 Å². The molecule has 2 N–H and O–H groups in total. The molecular weight excluding hydrogens is 358 g/mol. The van der Waals surface area contributed by atoms with Crippen LogP contribution in [-0.2, 0) is 22.6 Å². The number of methoxy groups -OCH3 is 1. The van der Waals surface area contributed by atoms with Crippen molar-refractivity contribution >= 4 is 17.6 Å². The van der Waals surface area contributed by atoms with Crippen LogP contribution >= 0.6 is 0 Å². The molecule has 1 saturated carbocycles. The quantitative estimate of drug-likeness (QED) is 0.434. The highest BCUT2D eigenvalue weighted by Gasteiger charge is 2.32. The second-order valence-corrected chi connectivity index (χ2v) is 7.57. The number of hydrogen-bond acceptors (Lipinski definition) is 5. The molecule has 1 aromatic rings. The number of ether oxygens (including phenoxy) is 2. The van der Waals surface area contributed by atoms with Crippen molar-refractivity contribution in [2.75, 3.05) is 19.5 Å². The largest absolute Gasteiger partial charge is 0.496 e. The van der Waals surface area contributed by atoms with Crippen LogP contribution in [0.1, 0.15) is 59.2 Å². The fraction of sp³-hybridized carbons (Fsp3) is 0.545. The zero-order chi connectivity index (χ0) is 20.3. The number of carbonyl (C=O) groups excluding carboxylic acids is 1. The van der Waals surface area contributed by atoms with Crippen molar-refractivity contribution < 1.29 is 24.2 Å². The number of aliphatic carboxylic acids is 1. The average Bonchev–Trinajstić information content (AvgIpc) is 2.90. The van der Waals surface area contributed by atoms with Gasteiger partial charge in [0, 0.05) is 18.2 Å². The monoisotopic (exact) mass is 387 g/mol. The second-order valence-electron chi connectivity index (χ2n) is 7.57. The predicted molar refractivity (Wildman–Crippen MR) is 107 cm³/mol. The molecule has 0 saturated heterocycles. The van der Waals surface area contributed by atoms with Gasteiger partial charge in [-0.15, -0.1) is 0 Å². The van der Waals surface area contributed by atoms with Gasteiger partial charge >= 0.3 is 11.9 Å². The van der Waals surface area contributed by atoms with Crippen molar-refractivity contribution in [3.63, 3.8) is 0 Å². The number of allylic oxidation sites excluding steroid dienone is 2. The first-order valence-electron chi connectivity index (χ1n) is 9.96. The molecule has 1 aromatic carbocycles. The first-order chi connectivity index (χ1) is 13.5. The fourth-order valence-electron chi connectivity index (χ4n) is 4.56. The highest BCUT2D eigenvalue weighted by atomic mass is 16.5. The van der Waals surface area contributed by atoms with Crippen molar-refractivity contribution in [3.8, 4) is 5.75 Å². The molecule has 1 fully saturated rings. The van der Waals surface area contributed by atoms with Gasteiger partial charge in [0.05, 0.1) is 24.3 Å². The summed E-state index contributed by atoms with van der Waals surface area (Å²) in [5.74, 6) is -0.543. The minimum absolute atomic E-state index is 0.0459. The molecule has 0 aromatic heterocycles. The van der Waals surface area contributed by atoms with E-state index < -0.39 is 5.97 Å². The summed E-state index contributed by atoms with van der Waals surface area (Å²) < 4.78 is 10.9. The summed E-state index contributed by atoms with van der Waals surface area (Å²) in [4.78, 5) is 23.9. The Morgan fingerprint density at radius 1 is 1.32 bits per heavy atom. The van der Waals surface area contributed by atoms with Gasteiger partial charge in [0.1, 0.15) is 12.4 Å². The Balaban J connectivity index is 1.92. The number of fused-ring (bicyclic) bond motifs is 1. The normalized spacial score (nSPS) is 21.9. The molecule has 152 valence electrons. The highest BCUT2D eigenvalue weighted by Crippen LogP contribution is 2.41. The standard InChI is InChI=1S/C22H29NO5/c1-13-17-12-28-22(26)18(17)19(23-2)16(20(13)27-3)11-7-9-14-8-5-4-6-10-15(14)21(24)25/h7,9,14-15,23H,4-6,8,10-12H2,1-3H3,(H,24,25). The van der Waals surface area contributed by atoms with Gasteiger partial charge in [0.25, 0.3) is 0 Å². The summed E-state index contributed by atoms with van der Waals surface area (Å²) in [6.07, 6.45) is 9.40. The molecule has 2 aliphatic rings. The molecule has 2 unspecified atom stereocenters. The van der Waals surface area contributed by atoms with Crippen LogP contribution in [0, 0.1) is 18.8 Å². The van der Waals surface area contributed by atoms with E-state index in [1.54, 1.807) is 14.2 Å². The third-order valence-corrected chi connectivity index (χ3v) is 6.02. The van der Waals surface area contributed by atoms with E-state index in [0.717, 1.165) is 60.2 Å². The Kier molecular flexibility index (Phi) is 6.27. The number of cyclic esters (lactones) is 1. The van der Waals surface area contributed by atoms with Crippen LogP contribution in [0.4, 0.5) is 5.69 Å². The molecule has 6 heteroatoms. The Morgan fingerprint density at radius 3 is 2.75 bits per heavy atom. The van der Waals surface area contributed by atoms with Crippen LogP contribution in [0.25, 0.3) is 0 Å². The zero-order valence-corrected chi connectivity index (χ0v) is 16.8. The lowest BCUT2D eigenvalue weighted by Crippen LogP contribution is -2.21. The summed E-state index contributed by atoms with van der Waals surface area (Å²) in [6.45, 7) is 2.21. The minimum Gasteiger partial charge on any atom is -0.496 e. The summed E-state index contributed by atoms with van der Waals surface area (Å²) in [7, 11) is 3.42. The summed E-state index contributed by atoms with van der Waals surface area (Å²) in [6, 6.07) is 0. The van der Waals surface area contributed by atoms with Crippen molar-refractivity contribution in [1.29, 1.82) is 0 Å². The van der Waals surface area contributed by atoms with E-state index in [1.807, 2.05) is 19.1 Å². The Morgan fingerprint density at radius 2 is 2.07 bits per heavy atom. The first kappa shape index (κ1) is 20.2. The molecule has 1 aliphatic heterocycles. The first-order valence-corrected chi connectivity index (χ1v) is 9.96. The maximum absolute atomic E-state index is 12.2. The topological polar surface area (TPSA) is 84.9 Å². The zero-order valence-electron chi connectivity index (χ0n) is 16.8. The third kappa shape index (κ3) is 3.73. The maximum atomic E-state index is 12.2. The second kappa shape index (κ2) is 8.67. The molecule has 3 rings (SSSR count). The molecule has 1 heterocycles. The Hall–Kier alpha value is -2.50. The maximum Gasteiger partial charge on any atom is 0.341 e. The number of hydrogen-bond donors (Lipinski definition) is 2. The molecule has 0 amide bonds. The van der Waals surface area contributed by atoms with Crippen LogP contribution < -0.4 is 10.1 Å². The predicted octanol–water partition coefficient (Wildman–Crippen LogP) is 4.10. The van der Waals surface area contributed by atoms with Crippen LogP contribution in [0.2, 0.25) is 0 Å². The smallest absolute Gasteiger partial charge is 0.341 e. The van der Waals surface area contributed by atoms with Crippen LogP contribution in [0.3, 0.4) is 0 Å². The number of esters is 1. The summed E-state index contributed by atoms with van der Waals surface area (Å²) in [5, 5.41) is 12.7. The van der Waals surface area contributed by atoms with Gasteiger partial charge in [-0.3, -0.25) is 4.79 Å². The van der Waals surface area contributed by atoms with Gasteiger partial charge in [0.2, 0.25) is 0 Å². The Bertz CT molecular complexity index is 799. The molecule has 0 bridgehead atoms. The summed E-state index contributed by atoms with van der Waals surface area (Å²) >= 11 is 0. The van der Waals surface area contributed by atoms with E-state index in [1.165, 1.54) is 0 Å². The van der Waals surface area contributed by atoms with Gasteiger partial charge < -0.3 is 19.9 Å². The summed E-state index contributed by atoms with van der Waals surface area (Å²) in [5.41, 5.74) is 4.01. The van der Waals surface area contributed by atoms with Gasteiger partial charge in [-0.05, 0) is 37.7 Å². The van der Waals surface area contributed by atoms with E-state index in [9.17, 15) is 14.7 Å². The van der Waals surface area contributed by atoms with Gasteiger partial charge in [-0.2, -0.15) is 0 Å². The van der Waals surface area contributed by atoms with E-state index in [4.69, 9.17) is 9.47 Å². The van der Waals surface area contributed by atoms with Crippen LogP contribution in [0.15, 0.2) is 12.2 Å². The van der Waals surface area contributed by atoms with Gasteiger partial charge in [-0.25, -0.2) is 4.79 Å². The lowest BCUT2D eigenvalue weighted by molar-refractivity contribution is -0.143. The molecule has 0 spiro atoms. The lowest BCUT2D eigenvalue weighted by Gasteiger charge is -2.20. The van der Waals surface area contributed by atoms with Crippen molar-refractivity contribution in [1.82, 2.24) is 0 Å². The fourth-order valence-corrected chi connectivity index (χ4v) is 4.56. The number of nitrogens with one attached hydrogen (secondary N) is 1. The van der Waals surface area contributed by atoms with E-state index >= 15 is 0 Å². The van der Waals surface area contributed by atoms with Crippen molar-refractivity contribution in [2.24, 2.45) is 11.8 Å². The SMILES string of the molecule is CNc1c(CC=CC2CCCCCC2C(=O)O)c(OC)c(C)c2c1C(=O)OC2. The van der Waals surface area contributed by atoms with Crippen molar-refractivity contribution in [2.45, 2.75) is 52.1 Å². The number of rotatable bonds is 6. The number of carboxylic acid groups (broad SMARTS) is 1. The number of benzene rings is 1. The molecule has 1 aliphatic carbocycles. The lowest BCUT2D eigenvalue weighted by atomic mass is 9.87. The van der Waals surface area contributed by atoms with E-state index in [-0.39, 0.29) is 24.4 Å². The molecule has 28 heavy (non-hydrogen) atoms. The van der Waals surface area contributed by atoms with Gasteiger partial charge in [0.15, 0.2) is 0 Å². The molecule has 0 radical (unpaired) electrons. The minimum atomic E-state index is -0.707. The van der Waals surface area contributed by atoms with Gasteiger partial charge in [-0.1, -0.05) is 31.4 Å². The number of carboxylic acids is 1. The molecule has 2 atom stereocenters. The van der Waals surface area contributed by atoms with Crippen LogP contribution in [0.5, 0.6) is 5.75 Å². The number of carbonyl (C=O) groups is 2. The third-order valence-electron chi connectivity index (χ3n) is 6.02. The Labute approximate surface area is 165 Å². The van der Waals surface area contributed by atoms with Crippen molar-refractivity contribution in [3.05, 3.63) is 34.4 Å². The highest BCUT2D eigenvalue weighted by molar-refractivity contribution is 6.01. The molecule has 6 nitrogen and oxygen atoms in total. The average molecular weight is 387 g/mol. The molecular formula is C22H29NO5. The number of anilines is 1.